The monoisotopic (exact) mass is 415 g/mol. The number of benzene rings is 2. The molecule has 1 atom stereocenters. The minimum Gasteiger partial charge on any atom is -0.478 e. The molecule has 150 valence electrons. The van der Waals surface area contributed by atoms with Gasteiger partial charge in [0, 0.05) is 41.8 Å². The normalized spacial score (nSPS) is 16.4. The molecule has 0 spiro atoms. The zero-order valence-corrected chi connectivity index (χ0v) is 16.5. The maximum absolute atomic E-state index is 14.6. The second kappa shape index (κ2) is 7.93. The lowest BCUT2D eigenvalue weighted by atomic mass is 9.98. The van der Waals surface area contributed by atoms with Crippen LogP contribution in [0.5, 0.6) is 0 Å². The van der Waals surface area contributed by atoms with Crippen LogP contribution in [0.15, 0.2) is 48.5 Å². The molecule has 1 N–H and O–H groups in total. The van der Waals surface area contributed by atoms with Crippen LogP contribution in [-0.2, 0) is 4.74 Å². The number of rotatable bonds is 5. The first-order chi connectivity index (χ1) is 14.0. The topological polar surface area (TPSA) is 49.8 Å². The van der Waals surface area contributed by atoms with E-state index in [4.69, 9.17) is 4.74 Å². The van der Waals surface area contributed by atoms with Gasteiger partial charge in [0.1, 0.15) is 0 Å². The summed E-state index contributed by atoms with van der Waals surface area (Å²) in [6.07, 6.45) is 0.986. The average Bonchev–Trinajstić information content (AvgIpc) is 3.37. The number of halogens is 2. The molecule has 2 heterocycles. The summed E-state index contributed by atoms with van der Waals surface area (Å²) in [5.41, 5.74) is 1.20. The Labute approximate surface area is 171 Å². The predicted octanol–water partition coefficient (Wildman–Crippen LogP) is 5.28. The zero-order valence-electron chi connectivity index (χ0n) is 15.7. The van der Waals surface area contributed by atoms with Gasteiger partial charge in [0.25, 0.3) is 0 Å². The van der Waals surface area contributed by atoms with Crippen molar-refractivity contribution in [1.29, 1.82) is 0 Å². The summed E-state index contributed by atoms with van der Waals surface area (Å²) in [6.45, 7) is 1.48. The van der Waals surface area contributed by atoms with Crippen LogP contribution in [0.25, 0.3) is 21.6 Å². The first-order valence-electron chi connectivity index (χ1n) is 9.18. The zero-order chi connectivity index (χ0) is 20.5. The Balaban J connectivity index is 1.90. The van der Waals surface area contributed by atoms with Gasteiger partial charge in [0.15, 0.2) is 11.6 Å². The van der Waals surface area contributed by atoms with Gasteiger partial charge in [-0.15, -0.1) is 11.3 Å². The number of nitrogens with zero attached hydrogens (tertiary/aromatic N) is 1. The van der Waals surface area contributed by atoms with Gasteiger partial charge in [-0.05, 0) is 24.6 Å². The highest BCUT2D eigenvalue weighted by molar-refractivity contribution is 7.20. The van der Waals surface area contributed by atoms with Crippen molar-refractivity contribution in [3.8, 4) is 21.6 Å². The molecule has 1 aliphatic heterocycles. The molecule has 0 saturated carbocycles. The third-order valence-corrected chi connectivity index (χ3v) is 6.38. The lowest BCUT2D eigenvalue weighted by Crippen LogP contribution is -2.21. The van der Waals surface area contributed by atoms with Crippen LogP contribution in [0.4, 0.5) is 13.8 Å². The number of carbonyl (C=O) groups is 1. The van der Waals surface area contributed by atoms with Gasteiger partial charge in [0.05, 0.1) is 16.7 Å². The third kappa shape index (κ3) is 3.63. The third-order valence-electron chi connectivity index (χ3n) is 5.15. The molecule has 29 heavy (non-hydrogen) atoms. The van der Waals surface area contributed by atoms with Gasteiger partial charge in [-0.2, -0.15) is 0 Å². The number of thiophene rings is 1. The number of ether oxygens (including phenoxy) is 1. The van der Waals surface area contributed by atoms with Crippen molar-refractivity contribution in [3.05, 3.63) is 65.7 Å². The first kappa shape index (κ1) is 19.5. The molecule has 3 aromatic rings. The summed E-state index contributed by atoms with van der Waals surface area (Å²) in [4.78, 5) is 14.5. The molecule has 4 nitrogen and oxygen atoms in total. The molecule has 0 unspecified atom stereocenters. The van der Waals surface area contributed by atoms with Crippen molar-refractivity contribution < 1.29 is 23.4 Å². The molecule has 0 amide bonds. The SMILES string of the molecule is CO[C@H]1CCN(c2cc(-c3cccc(F)c3F)c(-c3ccccc3C(=O)O)s2)C1. The maximum atomic E-state index is 14.6. The summed E-state index contributed by atoms with van der Waals surface area (Å²) in [6, 6.07) is 12.4. The number of hydrogen-bond donors (Lipinski definition) is 1. The highest BCUT2D eigenvalue weighted by Crippen LogP contribution is 2.45. The molecule has 7 heteroatoms. The molecule has 1 fully saturated rings. The van der Waals surface area contributed by atoms with E-state index in [0.29, 0.717) is 22.5 Å². The van der Waals surface area contributed by atoms with Crippen molar-refractivity contribution in [1.82, 2.24) is 0 Å². The number of carboxylic acids is 1. The fourth-order valence-electron chi connectivity index (χ4n) is 3.63. The summed E-state index contributed by atoms with van der Waals surface area (Å²) in [5.74, 6) is -2.95. The van der Waals surface area contributed by atoms with Gasteiger partial charge in [0.2, 0.25) is 0 Å². The second-order valence-electron chi connectivity index (χ2n) is 6.87. The molecular weight excluding hydrogens is 396 g/mol. The fourth-order valence-corrected chi connectivity index (χ4v) is 4.88. The van der Waals surface area contributed by atoms with E-state index in [1.807, 2.05) is 6.07 Å². The molecule has 0 bridgehead atoms. The molecule has 2 aromatic carbocycles. The number of aromatic carboxylic acids is 1. The van der Waals surface area contributed by atoms with Crippen molar-refractivity contribution in [3.63, 3.8) is 0 Å². The predicted molar refractivity (Wildman–Crippen MR) is 110 cm³/mol. The van der Waals surface area contributed by atoms with Crippen LogP contribution in [0.2, 0.25) is 0 Å². The van der Waals surface area contributed by atoms with E-state index in [0.717, 1.165) is 24.0 Å². The minimum absolute atomic E-state index is 0.112. The van der Waals surface area contributed by atoms with Crippen LogP contribution in [0.3, 0.4) is 0 Å². The smallest absolute Gasteiger partial charge is 0.336 e. The molecular formula is C22H19F2NO3S. The summed E-state index contributed by atoms with van der Waals surface area (Å²) in [7, 11) is 1.67. The van der Waals surface area contributed by atoms with Crippen LogP contribution in [-0.4, -0.2) is 37.4 Å². The van der Waals surface area contributed by atoms with Crippen molar-refractivity contribution in [2.45, 2.75) is 12.5 Å². The summed E-state index contributed by atoms with van der Waals surface area (Å²) < 4.78 is 34.0. The van der Waals surface area contributed by atoms with Crippen LogP contribution in [0.1, 0.15) is 16.8 Å². The Bertz CT molecular complexity index is 1070. The molecule has 0 radical (unpaired) electrons. The van der Waals surface area contributed by atoms with Crippen molar-refractivity contribution >= 4 is 22.3 Å². The van der Waals surface area contributed by atoms with E-state index in [9.17, 15) is 18.7 Å². The molecule has 1 aromatic heterocycles. The largest absolute Gasteiger partial charge is 0.478 e. The van der Waals surface area contributed by atoms with E-state index in [1.54, 1.807) is 25.3 Å². The quantitative estimate of drug-likeness (QED) is 0.616. The first-order valence-corrected chi connectivity index (χ1v) is 10.00. The van der Waals surface area contributed by atoms with Gasteiger partial charge in [-0.3, -0.25) is 0 Å². The maximum Gasteiger partial charge on any atom is 0.336 e. The van der Waals surface area contributed by atoms with Crippen molar-refractivity contribution in [2.24, 2.45) is 0 Å². The van der Waals surface area contributed by atoms with Crippen LogP contribution < -0.4 is 4.90 Å². The van der Waals surface area contributed by atoms with Gasteiger partial charge >= 0.3 is 5.97 Å². The Morgan fingerprint density at radius 2 is 1.90 bits per heavy atom. The van der Waals surface area contributed by atoms with Crippen molar-refractivity contribution in [2.75, 3.05) is 25.1 Å². The second-order valence-corrected chi connectivity index (χ2v) is 7.90. The highest BCUT2D eigenvalue weighted by atomic mass is 32.1. The Morgan fingerprint density at radius 1 is 1.14 bits per heavy atom. The summed E-state index contributed by atoms with van der Waals surface area (Å²) >= 11 is 1.38. The highest BCUT2D eigenvalue weighted by Gasteiger charge is 2.27. The van der Waals surface area contributed by atoms with E-state index < -0.39 is 17.6 Å². The van der Waals surface area contributed by atoms with Gasteiger partial charge in [-0.1, -0.05) is 30.3 Å². The van der Waals surface area contributed by atoms with E-state index in [2.05, 4.69) is 4.90 Å². The molecule has 1 aliphatic rings. The van der Waals surface area contributed by atoms with Crippen LogP contribution >= 0.6 is 11.3 Å². The van der Waals surface area contributed by atoms with E-state index in [-0.39, 0.29) is 17.2 Å². The van der Waals surface area contributed by atoms with Gasteiger partial charge in [-0.25, -0.2) is 13.6 Å². The number of hydrogen-bond acceptors (Lipinski definition) is 4. The van der Waals surface area contributed by atoms with Gasteiger partial charge < -0.3 is 14.7 Å². The van der Waals surface area contributed by atoms with E-state index >= 15 is 0 Å². The number of methoxy groups -OCH3 is 1. The Morgan fingerprint density at radius 3 is 2.62 bits per heavy atom. The standard InChI is InChI=1S/C22H19F2NO3S/c1-28-13-9-10-25(12-13)19-11-17(14-7-4-8-18(23)20(14)24)21(29-19)15-5-2-3-6-16(15)22(26)27/h2-8,11,13H,9-10,12H2,1H3,(H,26,27)/t13-/m0/s1. The Hall–Kier alpha value is -2.77. The lowest BCUT2D eigenvalue weighted by Gasteiger charge is -2.15. The van der Waals surface area contributed by atoms with Crippen LogP contribution in [0, 0.1) is 11.6 Å². The Kier molecular flexibility index (Phi) is 5.34. The minimum atomic E-state index is -1.07. The number of carboxylic acid groups (broad SMARTS) is 1. The number of anilines is 1. The summed E-state index contributed by atoms with van der Waals surface area (Å²) in [5, 5.41) is 10.5. The molecule has 0 aliphatic carbocycles. The lowest BCUT2D eigenvalue weighted by molar-refractivity contribution is 0.0697. The molecule has 1 saturated heterocycles. The molecule has 4 rings (SSSR count). The van der Waals surface area contributed by atoms with E-state index in [1.165, 1.54) is 29.5 Å². The average molecular weight is 415 g/mol. The fraction of sp³-hybridized carbons (Fsp3) is 0.227.